The highest BCUT2D eigenvalue weighted by atomic mass is 16.5. The zero-order chi connectivity index (χ0) is 18.1. The number of aromatic nitrogens is 2. The maximum Gasteiger partial charge on any atom is 0.317 e. The molecule has 7 nitrogen and oxygen atoms in total. The van der Waals surface area contributed by atoms with Crippen molar-refractivity contribution < 1.29 is 14.1 Å². The van der Waals surface area contributed by atoms with Gasteiger partial charge in [-0.2, -0.15) is 4.98 Å². The van der Waals surface area contributed by atoms with Crippen LogP contribution in [0.3, 0.4) is 0 Å². The van der Waals surface area contributed by atoms with Gasteiger partial charge in [0.05, 0.1) is 18.6 Å². The van der Waals surface area contributed by atoms with Crippen LogP contribution in [0.1, 0.15) is 54.1 Å². The first-order valence-electron chi connectivity index (χ1n) is 9.20. The van der Waals surface area contributed by atoms with Crippen molar-refractivity contribution in [2.45, 2.75) is 45.1 Å². The number of hydrogen-bond donors (Lipinski definition) is 1. The topological polar surface area (TPSA) is 80.5 Å². The molecule has 1 aromatic heterocycles. The molecule has 2 aromatic rings. The summed E-state index contributed by atoms with van der Waals surface area (Å²) in [5.41, 5.74) is 2.16. The molecule has 2 aliphatic rings. The fraction of sp³-hybridized carbons (Fsp3) is 0.526. The number of likely N-dealkylation sites (tertiary alicyclic amines) is 1. The van der Waals surface area contributed by atoms with Crippen LogP contribution < -0.4 is 10.1 Å². The molecule has 0 spiro atoms. The van der Waals surface area contributed by atoms with E-state index in [1.54, 1.807) is 0 Å². The molecule has 3 heterocycles. The summed E-state index contributed by atoms with van der Waals surface area (Å²) in [6, 6.07) is 6.02. The number of ether oxygens (including phenoxy) is 1. The molecule has 2 amide bonds. The van der Waals surface area contributed by atoms with E-state index in [9.17, 15) is 4.79 Å². The predicted octanol–water partition coefficient (Wildman–Crippen LogP) is 3.10. The van der Waals surface area contributed by atoms with Crippen LogP contribution in [0.2, 0.25) is 0 Å². The minimum atomic E-state index is -0.0368. The number of piperidine rings is 1. The van der Waals surface area contributed by atoms with Crippen LogP contribution in [0.15, 0.2) is 22.7 Å². The van der Waals surface area contributed by atoms with Gasteiger partial charge in [-0.1, -0.05) is 23.4 Å². The first-order valence-corrected chi connectivity index (χ1v) is 9.20. The second-order valence-corrected chi connectivity index (χ2v) is 7.10. The van der Waals surface area contributed by atoms with Gasteiger partial charge >= 0.3 is 6.03 Å². The minimum Gasteiger partial charge on any atom is -0.493 e. The third-order valence-electron chi connectivity index (χ3n) is 5.17. The molecule has 1 fully saturated rings. The molecule has 4 rings (SSSR count). The lowest BCUT2D eigenvalue weighted by molar-refractivity contribution is 0.164. The Balaban J connectivity index is 1.45. The predicted molar refractivity (Wildman–Crippen MR) is 95.1 cm³/mol. The lowest BCUT2D eigenvalue weighted by Crippen LogP contribution is -2.46. The zero-order valence-corrected chi connectivity index (χ0v) is 15.2. The number of nitrogens with one attached hydrogen (secondary N) is 1. The van der Waals surface area contributed by atoms with Crippen LogP contribution in [0.5, 0.6) is 5.75 Å². The summed E-state index contributed by atoms with van der Waals surface area (Å²) in [5, 5.41) is 7.06. The summed E-state index contributed by atoms with van der Waals surface area (Å²) in [6.45, 7) is 5.82. The maximum atomic E-state index is 12.9. The van der Waals surface area contributed by atoms with Gasteiger partial charge < -0.3 is 19.5 Å². The second-order valence-electron chi connectivity index (χ2n) is 7.10. The number of hydrogen-bond acceptors (Lipinski definition) is 5. The van der Waals surface area contributed by atoms with Gasteiger partial charge in [0.2, 0.25) is 5.89 Å². The average molecular weight is 356 g/mol. The van der Waals surface area contributed by atoms with E-state index in [1.165, 1.54) is 0 Å². The van der Waals surface area contributed by atoms with E-state index in [2.05, 4.69) is 15.5 Å². The van der Waals surface area contributed by atoms with Crippen LogP contribution in [-0.4, -0.2) is 40.8 Å². The Morgan fingerprint density at radius 1 is 1.31 bits per heavy atom. The van der Waals surface area contributed by atoms with Crippen molar-refractivity contribution >= 4 is 6.03 Å². The molecule has 0 bridgehead atoms. The van der Waals surface area contributed by atoms with E-state index < -0.39 is 0 Å². The van der Waals surface area contributed by atoms with Crippen LogP contribution in [0, 0.1) is 13.8 Å². The number of aryl methyl sites for hydroxylation is 2. The average Bonchev–Trinajstić information content (AvgIpc) is 3.09. The fourth-order valence-corrected chi connectivity index (χ4v) is 3.81. The van der Waals surface area contributed by atoms with Gasteiger partial charge in [0.1, 0.15) is 5.75 Å². The molecule has 1 N–H and O–H groups in total. The summed E-state index contributed by atoms with van der Waals surface area (Å²) in [6.07, 6.45) is 2.68. The molecule has 1 unspecified atom stereocenters. The Bertz CT molecular complexity index is 804. The van der Waals surface area contributed by atoms with Crippen molar-refractivity contribution in [1.82, 2.24) is 20.4 Å². The Labute approximate surface area is 152 Å². The van der Waals surface area contributed by atoms with Gasteiger partial charge in [0.15, 0.2) is 5.82 Å². The molecule has 1 saturated heterocycles. The quantitative estimate of drug-likeness (QED) is 0.894. The van der Waals surface area contributed by atoms with Crippen molar-refractivity contribution in [2.24, 2.45) is 0 Å². The SMILES string of the molecule is Cc1noc(C2CCCN(C(=O)N[C@@H]3CCOc4c(C)cccc43)C2)n1. The number of benzene rings is 1. The molecule has 0 saturated carbocycles. The van der Waals surface area contributed by atoms with Crippen molar-refractivity contribution in [2.75, 3.05) is 19.7 Å². The van der Waals surface area contributed by atoms with E-state index in [0.29, 0.717) is 24.9 Å². The Kier molecular flexibility index (Phi) is 4.53. The number of fused-ring (bicyclic) bond motifs is 1. The molecule has 2 aliphatic heterocycles. The molecular formula is C19H24N4O3. The molecule has 7 heteroatoms. The Morgan fingerprint density at radius 3 is 3.00 bits per heavy atom. The van der Waals surface area contributed by atoms with E-state index in [4.69, 9.17) is 9.26 Å². The molecule has 2 atom stereocenters. The number of para-hydroxylation sites is 1. The molecule has 138 valence electrons. The van der Waals surface area contributed by atoms with Crippen LogP contribution in [0.25, 0.3) is 0 Å². The van der Waals surface area contributed by atoms with Crippen LogP contribution in [-0.2, 0) is 0 Å². The number of carbonyl (C=O) groups is 1. The summed E-state index contributed by atoms with van der Waals surface area (Å²) in [7, 11) is 0. The standard InChI is InChI=1S/C19H24N4O3/c1-12-5-3-7-15-16(8-10-25-17(12)15)21-19(24)23-9-4-6-14(11-23)18-20-13(2)22-26-18/h3,5,7,14,16H,4,6,8-11H2,1-2H3,(H,21,24)/t14?,16-/m1/s1. The summed E-state index contributed by atoms with van der Waals surface area (Å²) >= 11 is 0. The van der Waals surface area contributed by atoms with Crippen molar-refractivity contribution in [3.05, 3.63) is 41.0 Å². The maximum absolute atomic E-state index is 12.9. The van der Waals surface area contributed by atoms with Gasteiger partial charge in [-0.3, -0.25) is 0 Å². The third kappa shape index (κ3) is 3.25. The van der Waals surface area contributed by atoms with Gasteiger partial charge in [-0.25, -0.2) is 4.79 Å². The summed E-state index contributed by atoms with van der Waals surface area (Å²) in [4.78, 5) is 19.0. The normalized spacial score (nSPS) is 22.5. The lowest BCUT2D eigenvalue weighted by Gasteiger charge is -2.34. The highest BCUT2D eigenvalue weighted by molar-refractivity contribution is 5.75. The van der Waals surface area contributed by atoms with Gasteiger partial charge in [0, 0.05) is 25.1 Å². The number of rotatable bonds is 2. The first kappa shape index (κ1) is 16.9. The zero-order valence-electron chi connectivity index (χ0n) is 15.2. The third-order valence-corrected chi connectivity index (χ3v) is 5.17. The van der Waals surface area contributed by atoms with E-state index in [-0.39, 0.29) is 18.0 Å². The second kappa shape index (κ2) is 6.97. The monoisotopic (exact) mass is 356 g/mol. The smallest absolute Gasteiger partial charge is 0.317 e. The van der Waals surface area contributed by atoms with Crippen molar-refractivity contribution in [3.63, 3.8) is 0 Å². The minimum absolute atomic E-state index is 0.0165. The molecule has 0 radical (unpaired) electrons. The highest BCUT2D eigenvalue weighted by Crippen LogP contribution is 2.35. The largest absolute Gasteiger partial charge is 0.493 e. The van der Waals surface area contributed by atoms with Crippen molar-refractivity contribution in [3.8, 4) is 5.75 Å². The molecule has 1 aromatic carbocycles. The van der Waals surface area contributed by atoms with E-state index >= 15 is 0 Å². The highest BCUT2D eigenvalue weighted by Gasteiger charge is 2.31. The van der Waals surface area contributed by atoms with E-state index in [1.807, 2.05) is 36.9 Å². The summed E-state index contributed by atoms with van der Waals surface area (Å²) in [5.74, 6) is 2.28. The molecular weight excluding hydrogens is 332 g/mol. The van der Waals surface area contributed by atoms with Gasteiger partial charge in [-0.05, 0) is 32.3 Å². The Morgan fingerprint density at radius 2 is 2.19 bits per heavy atom. The number of amides is 2. The lowest BCUT2D eigenvalue weighted by atomic mass is 9.97. The van der Waals surface area contributed by atoms with Crippen molar-refractivity contribution in [1.29, 1.82) is 0 Å². The van der Waals surface area contributed by atoms with Gasteiger partial charge in [-0.15, -0.1) is 0 Å². The fourth-order valence-electron chi connectivity index (χ4n) is 3.81. The molecule has 0 aliphatic carbocycles. The first-order chi connectivity index (χ1) is 12.6. The van der Waals surface area contributed by atoms with Gasteiger partial charge in [0.25, 0.3) is 0 Å². The van der Waals surface area contributed by atoms with E-state index in [0.717, 1.165) is 42.7 Å². The number of urea groups is 1. The summed E-state index contributed by atoms with van der Waals surface area (Å²) < 4.78 is 11.1. The number of carbonyl (C=O) groups excluding carboxylic acids is 1. The van der Waals surface area contributed by atoms with Crippen LogP contribution in [0.4, 0.5) is 4.79 Å². The van der Waals surface area contributed by atoms with Crippen LogP contribution >= 0.6 is 0 Å². The number of nitrogens with zero attached hydrogens (tertiary/aromatic N) is 3. The molecule has 26 heavy (non-hydrogen) atoms. The Hall–Kier alpha value is -2.57.